The van der Waals surface area contributed by atoms with Crippen molar-refractivity contribution in [2.75, 3.05) is 5.32 Å². The summed E-state index contributed by atoms with van der Waals surface area (Å²) in [5, 5.41) is 13.1. The van der Waals surface area contributed by atoms with Crippen LogP contribution in [-0.4, -0.2) is 27.3 Å². The molecule has 0 atom stereocenters. The van der Waals surface area contributed by atoms with Crippen molar-refractivity contribution >= 4 is 34.3 Å². The van der Waals surface area contributed by atoms with Crippen molar-refractivity contribution in [3.8, 4) is 11.1 Å². The zero-order valence-electron chi connectivity index (χ0n) is 19.2. The van der Waals surface area contributed by atoms with Crippen LogP contribution in [0.15, 0.2) is 109 Å². The van der Waals surface area contributed by atoms with Gasteiger partial charge in [0.15, 0.2) is 0 Å². The minimum absolute atomic E-state index is 0.243. The topological polar surface area (TPSA) is 88.4 Å². The van der Waals surface area contributed by atoms with Crippen molar-refractivity contribution in [3.63, 3.8) is 0 Å². The fourth-order valence-electron chi connectivity index (χ4n) is 4.21. The zero-order chi connectivity index (χ0) is 25.1. The molecule has 0 radical (unpaired) electrons. The Labute approximate surface area is 207 Å². The fourth-order valence-corrected chi connectivity index (χ4v) is 4.21. The number of fused-ring (bicyclic) bond motifs is 1. The molecule has 0 bridgehead atoms. The largest absolute Gasteiger partial charge is 0.478 e. The summed E-state index contributed by atoms with van der Waals surface area (Å²) in [6, 6.07) is 30.9. The number of nitrogens with zero attached hydrogens (tertiary/aromatic N) is 1. The van der Waals surface area contributed by atoms with Crippen LogP contribution >= 0.6 is 0 Å². The van der Waals surface area contributed by atoms with Gasteiger partial charge in [-0.1, -0.05) is 78.9 Å². The van der Waals surface area contributed by atoms with Crippen LogP contribution in [0.3, 0.4) is 0 Å². The molecule has 1 aromatic heterocycles. The van der Waals surface area contributed by atoms with Gasteiger partial charge in [0.2, 0.25) is 0 Å². The van der Waals surface area contributed by atoms with Gasteiger partial charge in [-0.25, -0.2) is 4.79 Å². The molecule has 2 N–H and O–H groups in total. The summed E-state index contributed by atoms with van der Waals surface area (Å²) in [5.74, 6) is -2.33. The summed E-state index contributed by atoms with van der Waals surface area (Å²) in [7, 11) is 0. The Kier molecular flexibility index (Phi) is 6.16. The van der Waals surface area contributed by atoms with E-state index >= 15 is 0 Å². The number of aromatic carboxylic acids is 1. The van der Waals surface area contributed by atoms with Gasteiger partial charge in [0.25, 0.3) is 11.7 Å². The van der Waals surface area contributed by atoms with Crippen LogP contribution in [-0.2, 0) is 11.3 Å². The minimum atomic E-state index is -0.981. The van der Waals surface area contributed by atoms with E-state index in [0.29, 0.717) is 23.4 Å². The van der Waals surface area contributed by atoms with Crippen LogP contribution in [0.4, 0.5) is 5.69 Å². The number of aromatic nitrogens is 1. The van der Waals surface area contributed by atoms with Gasteiger partial charge >= 0.3 is 5.97 Å². The molecule has 0 fully saturated rings. The molecule has 0 aliphatic rings. The molecule has 5 rings (SSSR count). The molecular formula is C30H22N2O4. The van der Waals surface area contributed by atoms with E-state index in [1.165, 1.54) is 0 Å². The van der Waals surface area contributed by atoms with E-state index in [1.54, 1.807) is 48.5 Å². The number of ketones is 1. The number of anilines is 1. The molecule has 6 heteroatoms. The van der Waals surface area contributed by atoms with Crippen molar-refractivity contribution in [1.82, 2.24) is 4.57 Å². The highest BCUT2D eigenvalue weighted by atomic mass is 16.4. The molecule has 5 aromatic rings. The Morgan fingerprint density at radius 3 is 2.19 bits per heavy atom. The zero-order valence-corrected chi connectivity index (χ0v) is 19.2. The van der Waals surface area contributed by atoms with Gasteiger partial charge in [0.05, 0.1) is 11.1 Å². The molecule has 0 aliphatic carbocycles. The predicted octanol–water partition coefficient (Wildman–Crippen LogP) is 5.88. The molecule has 0 unspecified atom stereocenters. The maximum absolute atomic E-state index is 12.7. The lowest BCUT2D eigenvalue weighted by molar-refractivity contribution is -0.112. The lowest BCUT2D eigenvalue weighted by Gasteiger charge is -2.10. The van der Waals surface area contributed by atoms with Gasteiger partial charge in [0.1, 0.15) is 0 Å². The van der Waals surface area contributed by atoms with Crippen LogP contribution in [0.5, 0.6) is 0 Å². The van der Waals surface area contributed by atoms with Crippen LogP contribution in [0.2, 0.25) is 0 Å². The van der Waals surface area contributed by atoms with Crippen LogP contribution in [0.25, 0.3) is 22.0 Å². The highest BCUT2D eigenvalue weighted by molar-refractivity contribution is 6.46. The number of hydrogen-bond donors (Lipinski definition) is 2. The lowest BCUT2D eigenvalue weighted by Crippen LogP contribution is -2.22. The molecule has 6 nitrogen and oxygen atoms in total. The monoisotopic (exact) mass is 474 g/mol. The number of Topliss-reactive ketones (excluding diaryl/α,β-unsaturated/α-hetero) is 1. The number of carbonyl (C=O) groups is 3. The first-order valence-corrected chi connectivity index (χ1v) is 11.4. The summed E-state index contributed by atoms with van der Waals surface area (Å²) < 4.78 is 1.91. The van der Waals surface area contributed by atoms with Crippen molar-refractivity contribution in [1.29, 1.82) is 0 Å². The van der Waals surface area contributed by atoms with Crippen LogP contribution < -0.4 is 5.32 Å². The molecule has 1 amide bonds. The minimum Gasteiger partial charge on any atom is -0.478 e. The lowest BCUT2D eigenvalue weighted by atomic mass is 10.0. The number of carboxylic acid groups (broad SMARTS) is 1. The number of amides is 1. The quantitative estimate of drug-likeness (QED) is 0.228. The van der Waals surface area contributed by atoms with Crippen molar-refractivity contribution in [2.24, 2.45) is 0 Å². The number of hydrogen-bond acceptors (Lipinski definition) is 3. The number of carboxylic acids is 1. The van der Waals surface area contributed by atoms with Crippen LogP contribution in [0, 0.1) is 0 Å². The number of rotatable bonds is 7. The highest BCUT2D eigenvalue weighted by Crippen LogP contribution is 2.23. The number of nitrogens with one attached hydrogen (secondary N) is 1. The molecule has 0 aliphatic heterocycles. The Bertz CT molecular complexity index is 1580. The molecule has 0 spiro atoms. The maximum atomic E-state index is 12.7. The summed E-state index contributed by atoms with van der Waals surface area (Å²) in [6.45, 7) is 0.357. The Hall–Kier alpha value is -4.97. The summed E-state index contributed by atoms with van der Waals surface area (Å²) in [5.41, 5.74) is 4.51. The highest BCUT2D eigenvalue weighted by Gasteiger charge is 2.17. The van der Waals surface area contributed by atoms with E-state index in [2.05, 4.69) is 5.32 Å². The van der Waals surface area contributed by atoms with E-state index in [4.69, 9.17) is 0 Å². The van der Waals surface area contributed by atoms with Gasteiger partial charge in [-0.3, -0.25) is 9.59 Å². The standard InChI is InChI=1S/C30H22N2O4/c33-28(23-12-10-21(11-13-23)20-6-2-1-3-7-20)29(34)31-25-15-14-22-16-17-32(27(22)18-25)19-24-8-4-5-9-26(24)30(35)36/h1-18H,19H2,(H,31,34)(H,35,36). The van der Waals surface area contributed by atoms with E-state index in [-0.39, 0.29) is 5.56 Å². The smallest absolute Gasteiger partial charge is 0.336 e. The summed E-state index contributed by atoms with van der Waals surface area (Å²) in [4.78, 5) is 37.0. The van der Waals surface area contributed by atoms with E-state index < -0.39 is 17.7 Å². The molecule has 1 heterocycles. The van der Waals surface area contributed by atoms with Crippen molar-refractivity contribution in [3.05, 3.63) is 126 Å². The fraction of sp³-hybridized carbons (Fsp3) is 0.0333. The Morgan fingerprint density at radius 1 is 0.750 bits per heavy atom. The average molecular weight is 475 g/mol. The maximum Gasteiger partial charge on any atom is 0.336 e. The number of benzene rings is 4. The molecule has 4 aromatic carbocycles. The Morgan fingerprint density at radius 2 is 1.44 bits per heavy atom. The van der Waals surface area contributed by atoms with Crippen LogP contribution in [0.1, 0.15) is 26.3 Å². The van der Waals surface area contributed by atoms with Gasteiger partial charge in [0, 0.05) is 24.0 Å². The first-order valence-electron chi connectivity index (χ1n) is 11.4. The van der Waals surface area contributed by atoms with Gasteiger partial charge in [-0.2, -0.15) is 0 Å². The first-order chi connectivity index (χ1) is 17.5. The predicted molar refractivity (Wildman–Crippen MR) is 139 cm³/mol. The van der Waals surface area contributed by atoms with Crippen molar-refractivity contribution in [2.45, 2.75) is 6.54 Å². The first kappa shape index (κ1) is 22.8. The second-order valence-electron chi connectivity index (χ2n) is 8.41. The third-order valence-electron chi connectivity index (χ3n) is 6.08. The van der Waals surface area contributed by atoms with Gasteiger partial charge < -0.3 is 15.0 Å². The average Bonchev–Trinajstić information content (AvgIpc) is 3.31. The van der Waals surface area contributed by atoms with E-state index in [1.807, 2.05) is 65.4 Å². The molecular weight excluding hydrogens is 452 g/mol. The SMILES string of the molecule is O=C(Nc1ccc2ccn(Cc3ccccc3C(=O)O)c2c1)C(=O)c1ccc(-c2ccccc2)cc1. The molecule has 0 saturated carbocycles. The normalized spacial score (nSPS) is 10.8. The molecule has 36 heavy (non-hydrogen) atoms. The van der Waals surface area contributed by atoms with Crippen molar-refractivity contribution < 1.29 is 19.5 Å². The van der Waals surface area contributed by atoms with Gasteiger partial charge in [-0.15, -0.1) is 0 Å². The van der Waals surface area contributed by atoms with Gasteiger partial charge in [-0.05, 0) is 46.3 Å². The summed E-state index contributed by atoms with van der Waals surface area (Å²) >= 11 is 0. The number of carbonyl (C=O) groups excluding carboxylic acids is 2. The Balaban J connectivity index is 1.34. The third-order valence-corrected chi connectivity index (χ3v) is 6.08. The molecule has 176 valence electrons. The second-order valence-corrected chi connectivity index (χ2v) is 8.41. The third kappa shape index (κ3) is 4.65. The molecule has 0 saturated heterocycles. The van der Waals surface area contributed by atoms with E-state index in [0.717, 1.165) is 22.0 Å². The van der Waals surface area contributed by atoms with E-state index in [9.17, 15) is 19.5 Å². The summed E-state index contributed by atoms with van der Waals surface area (Å²) in [6.07, 6.45) is 1.87. The second kappa shape index (κ2) is 9.72.